The van der Waals surface area contributed by atoms with Gasteiger partial charge >= 0.3 is 11.9 Å². The van der Waals surface area contributed by atoms with Crippen LogP contribution in [0.25, 0.3) is 0 Å². The van der Waals surface area contributed by atoms with Crippen LogP contribution in [0.5, 0.6) is 0 Å². The van der Waals surface area contributed by atoms with E-state index < -0.39 is 48.3 Å². The highest BCUT2D eigenvalue weighted by molar-refractivity contribution is 5.91. The zero-order valence-electron chi connectivity index (χ0n) is 11.3. The van der Waals surface area contributed by atoms with Crippen LogP contribution in [-0.2, 0) is 19.2 Å². The van der Waals surface area contributed by atoms with Gasteiger partial charge in [-0.15, -0.1) is 0 Å². The van der Waals surface area contributed by atoms with Crippen LogP contribution in [0, 0.1) is 0 Å². The van der Waals surface area contributed by atoms with Crippen LogP contribution in [0.15, 0.2) is 0 Å². The maximum Gasteiger partial charge on any atom is 0.326 e. The van der Waals surface area contributed by atoms with Crippen molar-refractivity contribution in [2.75, 3.05) is 0 Å². The lowest BCUT2D eigenvalue weighted by Crippen LogP contribution is -2.52. The molecule has 3 atom stereocenters. The smallest absolute Gasteiger partial charge is 0.326 e. The Hall–Kier alpha value is -2.16. The molecule has 0 aliphatic rings. The van der Waals surface area contributed by atoms with Gasteiger partial charge < -0.3 is 26.6 Å². The second-order valence-electron chi connectivity index (χ2n) is 4.35. The summed E-state index contributed by atoms with van der Waals surface area (Å²) in [6.07, 6.45) is -0.637. The number of aliphatic carboxylic acids is 2. The summed E-state index contributed by atoms with van der Waals surface area (Å²) in [5.74, 6) is -3.78. The van der Waals surface area contributed by atoms with Gasteiger partial charge in [-0.25, -0.2) is 4.79 Å². The molecule has 0 rings (SSSR count). The maximum absolute atomic E-state index is 11.7. The number of rotatable bonds is 8. The Kier molecular flexibility index (Phi) is 7.22. The zero-order chi connectivity index (χ0) is 15.9. The van der Waals surface area contributed by atoms with Gasteiger partial charge in [-0.05, 0) is 20.3 Å². The molecule has 0 radical (unpaired) electrons. The Labute approximate surface area is 115 Å². The van der Waals surface area contributed by atoms with Gasteiger partial charge in [-0.2, -0.15) is 0 Å². The zero-order valence-corrected chi connectivity index (χ0v) is 11.3. The molecule has 114 valence electrons. The van der Waals surface area contributed by atoms with Gasteiger partial charge in [0.1, 0.15) is 12.1 Å². The average Bonchev–Trinajstić information content (AvgIpc) is 2.32. The molecule has 0 heterocycles. The molecule has 2 amide bonds. The van der Waals surface area contributed by atoms with E-state index >= 15 is 0 Å². The predicted octanol–water partition coefficient (Wildman–Crippen LogP) is -1.73. The van der Waals surface area contributed by atoms with Crippen molar-refractivity contribution in [3.8, 4) is 0 Å². The highest BCUT2D eigenvalue weighted by atomic mass is 16.4. The number of hydrogen-bond donors (Lipinski definition) is 5. The monoisotopic (exact) mass is 289 g/mol. The summed E-state index contributed by atoms with van der Waals surface area (Å²) in [5, 5.41) is 21.8. The molecule has 0 aliphatic heterocycles. The van der Waals surface area contributed by atoms with E-state index in [0.717, 1.165) is 0 Å². The van der Waals surface area contributed by atoms with E-state index in [9.17, 15) is 19.2 Å². The third-order valence-corrected chi connectivity index (χ3v) is 2.43. The summed E-state index contributed by atoms with van der Waals surface area (Å²) in [5.41, 5.74) is 5.31. The molecule has 0 saturated carbocycles. The van der Waals surface area contributed by atoms with Crippen LogP contribution >= 0.6 is 0 Å². The van der Waals surface area contributed by atoms with Crippen molar-refractivity contribution in [2.45, 2.75) is 44.8 Å². The Morgan fingerprint density at radius 1 is 1.05 bits per heavy atom. The highest BCUT2D eigenvalue weighted by Crippen LogP contribution is 1.99. The van der Waals surface area contributed by atoms with Crippen molar-refractivity contribution in [3.05, 3.63) is 0 Å². The minimum absolute atomic E-state index is 0.246. The van der Waals surface area contributed by atoms with E-state index in [2.05, 4.69) is 10.6 Å². The van der Waals surface area contributed by atoms with Crippen LogP contribution < -0.4 is 16.4 Å². The summed E-state index contributed by atoms with van der Waals surface area (Å²) >= 11 is 0. The first kappa shape index (κ1) is 17.8. The maximum atomic E-state index is 11.7. The first-order chi connectivity index (χ1) is 9.15. The van der Waals surface area contributed by atoms with Crippen molar-refractivity contribution >= 4 is 23.8 Å². The molecule has 9 nitrogen and oxygen atoms in total. The summed E-state index contributed by atoms with van der Waals surface area (Å²) in [7, 11) is 0. The van der Waals surface area contributed by atoms with Crippen LogP contribution in [-0.4, -0.2) is 52.1 Å². The SMILES string of the molecule is C[C@H](N)C(=O)N[C@@H](C)C(=O)N[C@@H](CCC(=O)O)C(=O)O. The molecule has 0 bridgehead atoms. The lowest BCUT2D eigenvalue weighted by atomic mass is 10.1. The summed E-state index contributed by atoms with van der Waals surface area (Å²) in [4.78, 5) is 44.2. The number of hydrogen-bond acceptors (Lipinski definition) is 5. The Morgan fingerprint density at radius 2 is 1.60 bits per heavy atom. The molecule has 0 aromatic carbocycles. The van der Waals surface area contributed by atoms with Crippen LogP contribution in [0.4, 0.5) is 0 Å². The number of carbonyl (C=O) groups excluding carboxylic acids is 2. The molecule has 0 fully saturated rings. The number of carboxylic acid groups (broad SMARTS) is 2. The fourth-order valence-electron chi connectivity index (χ4n) is 1.23. The van der Waals surface area contributed by atoms with Crippen LogP contribution in [0.2, 0.25) is 0 Å². The first-order valence-corrected chi connectivity index (χ1v) is 5.96. The van der Waals surface area contributed by atoms with Crippen molar-refractivity contribution in [1.29, 1.82) is 0 Å². The third kappa shape index (κ3) is 6.69. The third-order valence-electron chi connectivity index (χ3n) is 2.43. The van der Waals surface area contributed by atoms with E-state index in [-0.39, 0.29) is 6.42 Å². The second kappa shape index (κ2) is 8.10. The van der Waals surface area contributed by atoms with Crippen molar-refractivity contribution < 1.29 is 29.4 Å². The quantitative estimate of drug-likeness (QED) is 0.355. The highest BCUT2D eigenvalue weighted by Gasteiger charge is 2.24. The average molecular weight is 289 g/mol. The molecule has 0 saturated heterocycles. The van der Waals surface area contributed by atoms with E-state index in [1.54, 1.807) is 0 Å². The van der Waals surface area contributed by atoms with E-state index in [0.29, 0.717) is 0 Å². The van der Waals surface area contributed by atoms with Crippen molar-refractivity contribution in [3.63, 3.8) is 0 Å². The summed E-state index contributed by atoms with van der Waals surface area (Å²) in [6, 6.07) is -3.10. The molecular formula is C11H19N3O6. The van der Waals surface area contributed by atoms with Gasteiger partial charge in [-0.1, -0.05) is 0 Å². The summed E-state index contributed by atoms with van der Waals surface area (Å²) in [6.45, 7) is 2.80. The standard InChI is InChI=1S/C11H19N3O6/c1-5(12)9(17)13-6(2)10(18)14-7(11(19)20)3-4-8(15)16/h5-7H,3-4,12H2,1-2H3,(H,13,17)(H,14,18)(H,15,16)(H,19,20)/t5-,6-,7-/m0/s1. The molecule has 0 aromatic heterocycles. The minimum atomic E-state index is -1.34. The van der Waals surface area contributed by atoms with Crippen molar-refractivity contribution in [1.82, 2.24) is 10.6 Å². The normalized spacial score (nSPS) is 14.8. The molecule has 20 heavy (non-hydrogen) atoms. The first-order valence-electron chi connectivity index (χ1n) is 5.96. The van der Waals surface area contributed by atoms with Gasteiger partial charge in [0.25, 0.3) is 0 Å². The number of nitrogens with one attached hydrogen (secondary N) is 2. The fourth-order valence-corrected chi connectivity index (χ4v) is 1.23. The molecule has 0 spiro atoms. The van der Waals surface area contributed by atoms with Gasteiger partial charge in [0.2, 0.25) is 11.8 Å². The Bertz CT molecular complexity index is 396. The van der Waals surface area contributed by atoms with E-state index in [1.807, 2.05) is 0 Å². The lowest BCUT2D eigenvalue weighted by Gasteiger charge is -2.19. The molecular weight excluding hydrogens is 270 g/mol. The van der Waals surface area contributed by atoms with Crippen molar-refractivity contribution in [2.24, 2.45) is 5.73 Å². The second-order valence-corrected chi connectivity index (χ2v) is 4.35. The van der Waals surface area contributed by atoms with Gasteiger partial charge in [0.05, 0.1) is 6.04 Å². The number of nitrogens with two attached hydrogens (primary N) is 1. The molecule has 0 aliphatic carbocycles. The minimum Gasteiger partial charge on any atom is -0.481 e. The Balaban J connectivity index is 4.48. The number of carboxylic acids is 2. The molecule has 0 aromatic rings. The predicted molar refractivity (Wildman–Crippen MR) is 67.7 cm³/mol. The molecule has 0 unspecified atom stereocenters. The van der Waals surface area contributed by atoms with Gasteiger partial charge in [0, 0.05) is 6.42 Å². The summed E-state index contributed by atoms with van der Waals surface area (Å²) < 4.78 is 0. The van der Waals surface area contributed by atoms with E-state index in [1.165, 1.54) is 13.8 Å². The lowest BCUT2D eigenvalue weighted by molar-refractivity contribution is -0.143. The van der Waals surface area contributed by atoms with Crippen LogP contribution in [0.1, 0.15) is 26.7 Å². The molecule has 9 heteroatoms. The number of amides is 2. The largest absolute Gasteiger partial charge is 0.481 e. The fraction of sp³-hybridized carbons (Fsp3) is 0.636. The molecule has 6 N–H and O–H groups in total. The van der Waals surface area contributed by atoms with Gasteiger partial charge in [-0.3, -0.25) is 14.4 Å². The van der Waals surface area contributed by atoms with Gasteiger partial charge in [0.15, 0.2) is 0 Å². The Morgan fingerprint density at radius 3 is 2.00 bits per heavy atom. The van der Waals surface area contributed by atoms with Crippen LogP contribution in [0.3, 0.4) is 0 Å². The topological polar surface area (TPSA) is 159 Å². The van der Waals surface area contributed by atoms with E-state index in [4.69, 9.17) is 15.9 Å². The number of carbonyl (C=O) groups is 4.